The molecule has 1 heterocycles. The van der Waals surface area contributed by atoms with Crippen molar-refractivity contribution in [3.05, 3.63) is 0 Å². The number of hydrogen-bond acceptors (Lipinski definition) is 4. The maximum Gasteiger partial charge on any atom is 0.300 e. The first-order valence-corrected chi connectivity index (χ1v) is 7.14. The van der Waals surface area contributed by atoms with Crippen molar-refractivity contribution in [1.82, 2.24) is 4.90 Å². The molecule has 1 rings (SSSR count). The van der Waals surface area contributed by atoms with Crippen LogP contribution in [0.3, 0.4) is 0 Å². The molecule has 0 aliphatic carbocycles. The highest BCUT2D eigenvalue weighted by molar-refractivity contribution is 5.62. The summed E-state index contributed by atoms with van der Waals surface area (Å²) in [4.78, 5) is 11.0. The van der Waals surface area contributed by atoms with E-state index in [-0.39, 0.29) is 6.23 Å². The molecular weight excluding hydrogens is 246 g/mol. The van der Waals surface area contributed by atoms with Gasteiger partial charge in [0.05, 0.1) is 0 Å². The minimum absolute atomic E-state index is 0.222. The van der Waals surface area contributed by atoms with Gasteiger partial charge < -0.3 is 14.9 Å². The van der Waals surface area contributed by atoms with E-state index in [1.807, 2.05) is 11.9 Å². The zero-order valence-corrected chi connectivity index (χ0v) is 12.5. The van der Waals surface area contributed by atoms with Gasteiger partial charge in [-0.1, -0.05) is 13.3 Å². The molecular formula is C14H29NO4. The van der Waals surface area contributed by atoms with Crippen LogP contribution < -0.4 is 0 Å². The predicted octanol–water partition coefficient (Wildman–Crippen LogP) is 1.94. The number of carboxylic acid groups (broad SMARTS) is 1. The smallest absolute Gasteiger partial charge is 0.300 e. The van der Waals surface area contributed by atoms with Crippen LogP contribution in [0.25, 0.3) is 0 Å². The van der Waals surface area contributed by atoms with Crippen molar-refractivity contribution in [2.75, 3.05) is 26.8 Å². The largest absolute Gasteiger partial charge is 0.481 e. The number of aliphatic carboxylic acids is 1. The Labute approximate surface area is 116 Å². The molecule has 0 radical (unpaired) electrons. The Morgan fingerprint density at radius 3 is 2.42 bits per heavy atom. The number of carboxylic acids is 1. The average molecular weight is 275 g/mol. The van der Waals surface area contributed by atoms with E-state index in [0.29, 0.717) is 5.92 Å². The van der Waals surface area contributed by atoms with E-state index in [1.165, 1.54) is 6.42 Å². The van der Waals surface area contributed by atoms with Crippen LogP contribution in [-0.4, -0.2) is 54.1 Å². The summed E-state index contributed by atoms with van der Waals surface area (Å²) in [5.41, 5.74) is 0. The Hall–Kier alpha value is -0.650. The van der Waals surface area contributed by atoms with Crippen molar-refractivity contribution in [3.63, 3.8) is 0 Å². The number of aliphatic hydroxyl groups is 1. The summed E-state index contributed by atoms with van der Waals surface area (Å²) in [7, 11) is 1.99. The Morgan fingerprint density at radius 1 is 1.37 bits per heavy atom. The molecule has 114 valence electrons. The first kappa shape index (κ1) is 18.4. The van der Waals surface area contributed by atoms with E-state index in [0.717, 1.165) is 52.4 Å². The molecule has 5 heteroatoms. The fraction of sp³-hybridized carbons (Fsp3) is 0.929. The third kappa shape index (κ3) is 9.87. The molecule has 0 aromatic carbocycles. The molecule has 2 atom stereocenters. The van der Waals surface area contributed by atoms with Gasteiger partial charge in [0.25, 0.3) is 5.97 Å². The number of likely N-dealkylation sites (tertiary alicyclic amines) is 1. The maximum atomic E-state index is 9.78. The summed E-state index contributed by atoms with van der Waals surface area (Å²) < 4.78 is 5.50. The van der Waals surface area contributed by atoms with Crippen LogP contribution in [0.1, 0.15) is 46.0 Å². The van der Waals surface area contributed by atoms with Crippen LogP contribution in [0.2, 0.25) is 0 Å². The molecule has 1 aliphatic rings. The van der Waals surface area contributed by atoms with E-state index < -0.39 is 5.97 Å². The van der Waals surface area contributed by atoms with E-state index in [9.17, 15) is 5.11 Å². The van der Waals surface area contributed by atoms with Crippen LogP contribution in [0.5, 0.6) is 0 Å². The number of ether oxygens (including phenoxy) is 1. The normalized spacial score (nSPS) is 22.9. The van der Waals surface area contributed by atoms with Crippen molar-refractivity contribution in [2.45, 2.75) is 52.2 Å². The molecule has 1 fully saturated rings. The standard InChI is InChI=1S/C12H25NO2.C2H4O2/c1-3-4-9-15-10-5-6-11-7-8-13(2)12(11)14;1-2(3)4/h11-12,14H,3-10H2,1-2H3;1H3,(H,3,4). The Bertz CT molecular complexity index is 231. The van der Waals surface area contributed by atoms with Crippen LogP contribution in [-0.2, 0) is 9.53 Å². The number of carbonyl (C=O) groups is 1. The Balaban J connectivity index is 0.000000711. The van der Waals surface area contributed by atoms with Crippen LogP contribution in [0.4, 0.5) is 0 Å². The number of rotatable bonds is 7. The number of hydrogen-bond donors (Lipinski definition) is 2. The van der Waals surface area contributed by atoms with E-state index in [2.05, 4.69) is 6.92 Å². The van der Waals surface area contributed by atoms with Gasteiger partial charge in [-0.05, 0) is 38.6 Å². The molecule has 19 heavy (non-hydrogen) atoms. The lowest BCUT2D eigenvalue weighted by Crippen LogP contribution is -2.28. The van der Waals surface area contributed by atoms with Crippen molar-refractivity contribution in [3.8, 4) is 0 Å². The lowest BCUT2D eigenvalue weighted by molar-refractivity contribution is -0.134. The second-order valence-corrected chi connectivity index (χ2v) is 5.07. The maximum absolute atomic E-state index is 9.78. The fourth-order valence-corrected chi connectivity index (χ4v) is 2.10. The van der Waals surface area contributed by atoms with Gasteiger partial charge in [-0.15, -0.1) is 0 Å². The molecule has 0 bridgehead atoms. The first-order valence-electron chi connectivity index (χ1n) is 7.14. The van der Waals surface area contributed by atoms with E-state index >= 15 is 0 Å². The van der Waals surface area contributed by atoms with Gasteiger partial charge in [0.1, 0.15) is 6.23 Å². The predicted molar refractivity (Wildman–Crippen MR) is 75.0 cm³/mol. The molecule has 5 nitrogen and oxygen atoms in total. The van der Waals surface area contributed by atoms with Crippen LogP contribution >= 0.6 is 0 Å². The lowest BCUT2D eigenvalue weighted by atomic mass is 10.0. The van der Waals surface area contributed by atoms with Gasteiger partial charge in [0.15, 0.2) is 0 Å². The SMILES string of the molecule is CC(=O)O.CCCCOCCCC1CCN(C)C1O. The highest BCUT2D eigenvalue weighted by Gasteiger charge is 2.28. The fourth-order valence-electron chi connectivity index (χ4n) is 2.10. The van der Waals surface area contributed by atoms with Gasteiger partial charge in [-0.3, -0.25) is 9.69 Å². The average Bonchev–Trinajstić information content (AvgIpc) is 2.64. The Morgan fingerprint density at radius 2 is 1.95 bits per heavy atom. The minimum atomic E-state index is -0.833. The summed E-state index contributed by atoms with van der Waals surface area (Å²) in [5.74, 6) is -0.371. The topological polar surface area (TPSA) is 70.0 Å². The summed E-state index contributed by atoms with van der Waals surface area (Å²) >= 11 is 0. The van der Waals surface area contributed by atoms with Gasteiger partial charge >= 0.3 is 0 Å². The quantitative estimate of drug-likeness (QED) is 0.695. The minimum Gasteiger partial charge on any atom is -0.481 e. The first-order chi connectivity index (χ1) is 8.99. The summed E-state index contributed by atoms with van der Waals surface area (Å²) in [5, 5.41) is 17.2. The number of aliphatic hydroxyl groups excluding tert-OH is 1. The molecule has 2 N–H and O–H groups in total. The third-order valence-electron chi connectivity index (χ3n) is 3.23. The number of unbranched alkanes of at least 4 members (excludes halogenated alkanes) is 1. The van der Waals surface area contributed by atoms with Gasteiger partial charge in [-0.25, -0.2) is 0 Å². The van der Waals surface area contributed by atoms with Crippen molar-refractivity contribution in [2.24, 2.45) is 5.92 Å². The molecule has 0 aromatic heterocycles. The van der Waals surface area contributed by atoms with Gasteiger partial charge in [-0.2, -0.15) is 0 Å². The Kier molecular flexibility index (Phi) is 10.8. The zero-order chi connectivity index (χ0) is 14.7. The zero-order valence-electron chi connectivity index (χ0n) is 12.5. The second kappa shape index (κ2) is 11.2. The summed E-state index contributed by atoms with van der Waals surface area (Å²) in [6.07, 6.45) is 5.45. The molecule has 1 saturated heterocycles. The molecule has 2 unspecified atom stereocenters. The monoisotopic (exact) mass is 275 g/mol. The molecule has 1 aliphatic heterocycles. The number of nitrogens with zero attached hydrogens (tertiary/aromatic N) is 1. The molecule has 0 aromatic rings. The van der Waals surface area contributed by atoms with E-state index in [4.69, 9.17) is 14.6 Å². The van der Waals surface area contributed by atoms with Gasteiger partial charge in [0, 0.05) is 26.7 Å². The van der Waals surface area contributed by atoms with Gasteiger partial charge in [0.2, 0.25) is 0 Å². The van der Waals surface area contributed by atoms with Crippen molar-refractivity contribution < 1.29 is 19.7 Å². The lowest BCUT2D eigenvalue weighted by Gasteiger charge is -2.18. The summed E-state index contributed by atoms with van der Waals surface area (Å²) in [6.45, 7) is 6.03. The second-order valence-electron chi connectivity index (χ2n) is 5.07. The van der Waals surface area contributed by atoms with Crippen LogP contribution in [0.15, 0.2) is 0 Å². The highest BCUT2D eigenvalue weighted by atomic mass is 16.5. The van der Waals surface area contributed by atoms with Crippen molar-refractivity contribution in [1.29, 1.82) is 0 Å². The molecule has 0 saturated carbocycles. The van der Waals surface area contributed by atoms with Crippen molar-refractivity contribution >= 4 is 5.97 Å². The molecule has 0 spiro atoms. The van der Waals surface area contributed by atoms with Crippen LogP contribution in [0, 0.1) is 5.92 Å². The summed E-state index contributed by atoms with van der Waals surface area (Å²) in [6, 6.07) is 0. The van der Waals surface area contributed by atoms with E-state index in [1.54, 1.807) is 0 Å². The third-order valence-corrected chi connectivity index (χ3v) is 3.23. The molecule has 0 amide bonds. The highest BCUT2D eigenvalue weighted by Crippen LogP contribution is 2.24.